The molecule has 0 aromatic carbocycles. The quantitative estimate of drug-likeness (QED) is 0.798. The number of carbonyl (C=O) groups is 1. The van der Waals surface area contributed by atoms with Gasteiger partial charge in [-0.1, -0.05) is 13.8 Å². The van der Waals surface area contributed by atoms with Crippen LogP contribution in [0.1, 0.15) is 33.1 Å². The smallest absolute Gasteiger partial charge is 0.222 e. The highest BCUT2D eigenvalue weighted by Crippen LogP contribution is 2.30. The van der Waals surface area contributed by atoms with Crippen molar-refractivity contribution in [2.75, 3.05) is 25.4 Å². The summed E-state index contributed by atoms with van der Waals surface area (Å²) in [5.74, 6) is 1.33. The lowest BCUT2D eigenvalue weighted by atomic mass is 10.1. The van der Waals surface area contributed by atoms with E-state index < -0.39 is 0 Å². The lowest BCUT2D eigenvalue weighted by molar-refractivity contribution is -0.131. The molecule has 0 spiro atoms. The van der Waals surface area contributed by atoms with Crippen LogP contribution in [0, 0.1) is 0 Å². The molecular formula is C11H22N2OS. The number of carbonyl (C=O) groups excluding carboxylic acids is 1. The van der Waals surface area contributed by atoms with Crippen molar-refractivity contribution >= 4 is 17.7 Å². The van der Waals surface area contributed by atoms with Crippen molar-refractivity contribution in [2.24, 2.45) is 5.73 Å². The minimum absolute atomic E-state index is 0.277. The third-order valence-electron chi connectivity index (χ3n) is 2.79. The second-order valence-corrected chi connectivity index (χ2v) is 6.43. The van der Waals surface area contributed by atoms with E-state index in [1.165, 1.54) is 0 Å². The van der Waals surface area contributed by atoms with Gasteiger partial charge in [-0.3, -0.25) is 4.79 Å². The predicted octanol–water partition coefficient (Wildman–Crippen LogP) is 1.47. The first-order valence-corrected chi connectivity index (χ1v) is 6.65. The summed E-state index contributed by atoms with van der Waals surface area (Å²) in [4.78, 5) is 13.8. The van der Waals surface area contributed by atoms with Crippen LogP contribution in [0.3, 0.4) is 0 Å². The number of hydrogen-bond donors (Lipinski definition) is 1. The molecule has 15 heavy (non-hydrogen) atoms. The summed E-state index contributed by atoms with van der Waals surface area (Å²) in [5.41, 5.74) is 5.41. The minimum atomic E-state index is 0.277. The van der Waals surface area contributed by atoms with Crippen molar-refractivity contribution in [3.05, 3.63) is 0 Å². The maximum atomic E-state index is 11.8. The molecule has 2 N–H and O–H groups in total. The molecule has 88 valence electrons. The molecule has 1 amide bonds. The molecule has 0 atom stereocenters. The topological polar surface area (TPSA) is 46.3 Å². The maximum absolute atomic E-state index is 11.8. The number of thioether (sulfide) groups is 1. The number of rotatable bonds is 3. The van der Waals surface area contributed by atoms with Crippen molar-refractivity contribution < 1.29 is 4.79 Å². The van der Waals surface area contributed by atoms with E-state index in [0.717, 1.165) is 31.7 Å². The lowest BCUT2D eigenvalue weighted by Crippen LogP contribution is -2.33. The van der Waals surface area contributed by atoms with Crippen LogP contribution in [0.5, 0.6) is 0 Å². The molecule has 0 aromatic rings. The highest BCUT2D eigenvalue weighted by Gasteiger charge is 2.25. The summed E-state index contributed by atoms with van der Waals surface area (Å²) >= 11 is 1.97. The Kier molecular flexibility index (Phi) is 4.93. The summed E-state index contributed by atoms with van der Waals surface area (Å²) < 4.78 is 0.322. The highest BCUT2D eigenvalue weighted by molar-refractivity contribution is 8.00. The van der Waals surface area contributed by atoms with Gasteiger partial charge in [-0.05, 0) is 19.4 Å². The minimum Gasteiger partial charge on any atom is -0.342 e. The van der Waals surface area contributed by atoms with Crippen molar-refractivity contribution in [3.8, 4) is 0 Å². The molecule has 0 bridgehead atoms. The second kappa shape index (κ2) is 5.75. The Labute approximate surface area is 96.8 Å². The van der Waals surface area contributed by atoms with Crippen LogP contribution in [0.15, 0.2) is 0 Å². The Morgan fingerprint density at radius 1 is 1.47 bits per heavy atom. The van der Waals surface area contributed by atoms with Gasteiger partial charge in [0.05, 0.1) is 0 Å². The van der Waals surface area contributed by atoms with Crippen molar-refractivity contribution in [2.45, 2.75) is 37.9 Å². The fraction of sp³-hybridized carbons (Fsp3) is 0.909. The first kappa shape index (κ1) is 12.8. The molecule has 3 nitrogen and oxygen atoms in total. The van der Waals surface area contributed by atoms with E-state index in [1.807, 2.05) is 16.7 Å². The van der Waals surface area contributed by atoms with Crippen LogP contribution in [0.4, 0.5) is 0 Å². The van der Waals surface area contributed by atoms with E-state index in [0.29, 0.717) is 17.7 Å². The normalized spacial score (nSPS) is 21.1. The van der Waals surface area contributed by atoms with Crippen molar-refractivity contribution in [3.63, 3.8) is 0 Å². The molecule has 4 heteroatoms. The van der Waals surface area contributed by atoms with Crippen LogP contribution in [-0.4, -0.2) is 40.9 Å². The molecule has 1 rings (SSSR count). The standard InChI is InChI=1S/C11H22N2OS/c1-11(2)5-7-13(8-9-15-11)10(14)4-3-6-12/h3-9,12H2,1-2H3. The third kappa shape index (κ3) is 4.43. The number of hydrogen-bond acceptors (Lipinski definition) is 3. The zero-order chi connectivity index (χ0) is 11.3. The molecule has 1 saturated heterocycles. The average molecular weight is 230 g/mol. The Morgan fingerprint density at radius 3 is 2.87 bits per heavy atom. The fourth-order valence-corrected chi connectivity index (χ4v) is 2.78. The van der Waals surface area contributed by atoms with Gasteiger partial charge in [0.1, 0.15) is 0 Å². The van der Waals surface area contributed by atoms with Gasteiger partial charge in [0.2, 0.25) is 5.91 Å². The Morgan fingerprint density at radius 2 is 2.20 bits per heavy atom. The van der Waals surface area contributed by atoms with E-state index >= 15 is 0 Å². The van der Waals surface area contributed by atoms with Gasteiger partial charge in [0.15, 0.2) is 0 Å². The van der Waals surface area contributed by atoms with Gasteiger partial charge >= 0.3 is 0 Å². The summed E-state index contributed by atoms with van der Waals surface area (Å²) in [6.45, 7) is 6.93. The Hall–Kier alpha value is -0.220. The van der Waals surface area contributed by atoms with Crippen LogP contribution in [-0.2, 0) is 4.79 Å². The highest BCUT2D eigenvalue weighted by atomic mass is 32.2. The zero-order valence-electron chi connectivity index (χ0n) is 9.79. The van der Waals surface area contributed by atoms with Crippen molar-refractivity contribution in [1.29, 1.82) is 0 Å². The Bertz CT molecular complexity index is 219. The summed E-state index contributed by atoms with van der Waals surface area (Å²) in [5, 5.41) is 0. The molecule has 0 unspecified atom stereocenters. The van der Waals surface area contributed by atoms with Gasteiger partial charge in [0.25, 0.3) is 0 Å². The number of nitrogens with two attached hydrogens (primary N) is 1. The maximum Gasteiger partial charge on any atom is 0.222 e. The summed E-state index contributed by atoms with van der Waals surface area (Å²) in [7, 11) is 0. The van der Waals surface area contributed by atoms with E-state index in [1.54, 1.807) is 0 Å². The molecule has 0 aromatic heterocycles. The first-order valence-electron chi connectivity index (χ1n) is 5.67. The lowest BCUT2D eigenvalue weighted by Gasteiger charge is -2.22. The largest absolute Gasteiger partial charge is 0.342 e. The van der Waals surface area contributed by atoms with Gasteiger partial charge in [-0.15, -0.1) is 0 Å². The van der Waals surface area contributed by atoms with E-state index in [2.05, 4.69) is 13.8 Å². The van der Waals surface area contributed by atoms with Gasteiger partial charge in [-0.2, -0.15) is 11.8 Å². The van der Waals surface area contributed by atoms with Gasteiger partial charge < -0.3 is 10.6 Å². The summed E-state index contributed by atoms with van der Waals surface area (Å²) in [6.07, 6.45) is 2.51. The molecule has 1 aliphatic rings. The van der Waals surface area contributed by atoms with Crippen LogP contribution >= 0.6 is 11.8 Å². The van der Waals surface area contributed by atoms with Crippen molar-refractivity contribution in [1.82, 2.24) is 4.90 Å². The molecular weight excluding hydrogens is 208 g/mol. The van der Waals surface area contributed by atoms with Crippen LogP contribution in [0.2, 0.25) is 0 Å². The summed E-state index contributed by atoms with van der Waals surface area (Å²) in [6, 6.07) is 0. The average Bonchev–Trinajstić information content (AvgIpc) is 2.36. The van der Waals surface area contributed by atoms with Gasteiger partial charge in [-0.25, -0.2) is 0 Å². The molecule has 0 aliphatic carbocycles. The van der Waals surface area contributed by atoms with E-state index in [-0.39, 0.29) is 5.91 Å². The molecule has 1 aliphatic heterocycles. The van der Waals surface area contributed by atoms with E-state index in [4.69, 9.17) is 5.73 Å². The fourth-order valence-electron chi connectivity index (χ4n) is 1.68. The SMILES string of the molecule is CC1(C)CCN(C(=O)CCCN)CCS1. The Balaban J connectivity index is 2.40. The van der Waals surface area contributed by atoms with Crippen LogP contribution < -0.4 is 5.73 Å². The third-order valence-corrected chi connectivity index (χ3v) is 4.16. The predicted molar refractivity (Wildman–Crippen MR) is 66.0 cm³/mol. The first-order chi connectivity index (χ1) is 7.05. The molecule has 0 radical (unpaired) electrons. The molecule has 1 heterocycles. The zero-order valence-corrected chi connectivity index (χ0v) is 10.6. The molecule has 1 fully saturated rings. The monoisotopic (exact) mass is 230 g/mol. The van der Waals surface area contributed by atoms with Crippen LogP contribution in [0.25, 0.3) is 0 Å². The van der Waals surface area contributed by atoms with E-state index in [9.17, 15) is 4.79 Å². The van der Waals surface area contributed by atoms with Gasteiger partial charge in [0, 0.05) is 30.0 Å². The number of amides is 1. The second-order valence-electron chi connectivity index (χ2n) is 4.63. The molecule has 0 saturated carbocycles. The number of nitrogens with zero attached hydrogens (tertiary/aromatic N) is 1.